The molecular formula is C24H28FNO. The molecule has 0 unspecified atom stereocenters. The fourth-order valence-corrected chi connectivity index (χ4v) is 7.10. The fourth-order valence-electron chi connectivity index (χ4n) is 7.10. The molecule has 1 aromatic rings. The Labute approximate surface area is 161 Å². The molecule has 6 atom stereocenters. The maximum absolute atomic E-state index is 15.3. The highest BCUT2D eigenvalue weighted by Crippen LogP contribution is 2.66. The first-order chi connectivity index (χ1) is 12.9. The van der Waals surface area contributed by atoms with Crippen LogP contribution in [0.2, 0.25) is 0 Å². The van der Waals surface area contributed by atoms with Crippen molar-refractivity contribution in [2.75, 3.05) is 0 Å². The molecule has 2 saturated carbocycles. The standard InChI is InChI=1S/C24H28FNO/c1-23-10-8-20-17(13-22(25)21-12-16(27)7-9-24(20,21)2)19(23)6-5-18(23)15-4-3-11-26-14-15/h3-5,11-12,14,17,19-20,22H,6-10,13H2,1-2H3/t17-,19-,20-,22-,23+,24+/m0/s1. The summed E-state index contributed by atoms with van der Waals surface area (Å²) in [5.74, 6) is 1.52. The number of carbonyl (C=O) groups excluding carboxylic acids is 1. The summed E-state index contributed by atoms with van der Waals surface area (Å²) in [6.07, 6.45) is 12.2. The van der Waals surface area contributed by atoms with Crippen molar-refractivity contribution in [3.8, 4) is 0 Å². The second-order valence-electron chi connectivity index (χ2n) is 9.61. The topological polar surface area (TPSA) is 30.0 Å². The zero-order chi connectivity index (χ0) is 18.8. The molecule has 0 aliphatic heterocycles. The number of carbonyl (C=O) groups is 1. The molecule has 0 N–H and O–H groups in total. The van der Waals surface area contributed by atoms with E-state index in [4.69, 9.17) is 0 Å². The number of aromatic nitrogens is 1. The maximum Gasteiger partial charge on any atom is 0.155 e. The molecule has 3 heteroatoms. The summed E-state index contributed by atoms with van der Waals surface area (Å²) >= 11 is 0. The third kappa shape index (κ3) is 2.36. The lowest BCUT2D eigenvalue weighted by Crippen LogP contribution is -2.52. The third-order valence-corrected chi connectivity index (χ3v) is 8.49. The molecule has 1 aromatic heterocycles. The highest BCUT2D eigenvalue weighted by molar-refractivity contribution is 5.92. The van der Waals surface area contributed by atoms with Crippen molar-refractivity contribution < 1.29 is 9.18 Å². The molecule has 1 heterocycles. The second-order valence-corrected chi connectivity index (χ2v) is 9.61. The number of rotatable bonds is 1. The van der Waals surface area contributed by atoms with Gasteiger partial charge in [-0.1, -0.05) is 26.0 Å². The van der Waals surface area contributed by atoms with Gasteiger partial charge in [0.2, 0.25) is 0 Å². The van der Waals surface area contributed by atoms with Gasteiger partial charge in [-0.2, -0.15) is 0 Å². The smallest absolute Gasteiger partial charge is 0.155 e. The minimum Gasteiger partial charge on any atom is -0.295 e. The molecule has 2 fully saturated rings. The molecule has 0 saturated heterocycles. The lowest BCUT2D eigenvalue weighted by Gasteiger charge is -2.58. The number of hydrogen-bond acceptors (Lipinski definition) is 2. The molecule has 0 amide bonds. The van der Waals surface area contributed by atoms with Crippen LogP contribution in [0.4, 0.5) is 4.39 Å². The van der Waals surface area contributed by atoms with E-state index in [1.54, 1.807) is 6.08 Å². The number of hydrogen-bond donors (Lipinski definition) is 0. The summed E-state index contributed by atoms with van der Waals surface area (Å²) in [6, 6.07) is 4.17. The molecule has 27 heavy (non-hydrogen) atoms. The van der Waals surface area contributed by atoms with Crippen LogP contribution in [0.3, 0.4) is 0 Å². The van der Waals surface area contributed by atoms with Gasteiger partial charge in [0.05, 0.1) is 0 Å². The Kier molecular flexibility index (Phi) is 3.76. The predicted molar refractivity (Wildman–Crippen MR) is 105 cm³/mol. The lowest BCUT2D eigenvalue weighted by atomic mass is 9.46. The highest BCUT2D eigenvalue weighted by Gasteiger charge is 2.59. The number of fused-ring (bicyclic) bond motifs is 5. The quantitative estimate of drug-likeness (QED) is 0.652. The van der Waals surface area contributed by atoms with E-state index in [2.05, 4.69) is 31.0 Å². The minimum atomic E-state index is -0.953. The van der Waals surface area contributed by atoms with E-state index >= 15 is 4.39 Å². The van der Waals surface area contributed by atoms with E-state index in [9.17, 15) is 4.79 Å². The van der Waals surface area contributed by atoms with Crippen molar-refractivity contribution in [1.29, 1.82) is 0 Å². The third-order valence-electron chi connectivity index (χ3n) is 8.49. The van der Waals surface area contributed by atoms with Gasteiger partial charge in [0.15, 0.2) is 5.78 Å². The zero-order valence-electron chi connectivity index (χ0n) is 16.2. The van der Waals surface area contributed by atoms with Gasteiger partial charge < -0.3 is 0 Å². The first-order valence-electron chi connectivity index (χ1n) is 10.4. The van der Waals surface area contributed by atoms with Gasteiger partial charge in [-0.15, -0.1) is 0 Å². The zero-order valence-corrected chi connectivity index (χ0v) is 16.2. The van der Waals surface area contributed by atoms with Gasteiger partial charge in [-0.25, -0.2) is 4.39 Å². The Balaban J connectivity index is 1.51. The Morgan fingerprint density at radius 3 is 2.81 bits per heavy atom. The van der Waals surface area contributed by atoms with Crippen molar-refractivity contribution in [3.05, 3.63) is 47.8 Å². The number of halogens is 1. The normalized spacial score (nSPS) is 43.3. The van der Waals surface area contributed by atoms with E-state index in [0.29, 0.717) is 30.6 Å². The molecule has 4 aliphatic rings. The molecule has 142 valence electrons. The van der Waals surface area contributed by atoms with Gasteiger partial charge in [0.1, 0.15) is 6.17 Å². The van der Waals surface area contributed by atoms with E-state index in [1.165, 1.54) is 11.1 Å². The predicted octanol–water partition coefficient (Wildman–Crippen LogP) is 5.55. The van der Waals surface area contributed by atoms with Gasteiger partial charge >= 0.3 is 0 Å². The average Bonchev–Trinajstić information content (AvgIpc) is 3.01. The molecule has 4 aliphatic carbocycles. The van der Waals surface area contributed by atoms with Gasteiger partial charge in [-0.3, -0.25) is 9.78 Å². The Hall–Kier alpha value is -1.77. The van der Waals surface area contributed by atoms with E-state index in [-0.39, 0.29) is 16.6 Å². The summed E-state index contributed by atoms with van der Waals surface area (Å²) in [5, 5.41) is 0. The molecule has 5 rings (SSSR count). The summed E-state index contributed by atoms with van der Waals surface area (Å²) in [5.41, 5.74) is 3.44. The molecule has 0 bridgehead atoms. The monoisotopic (exact) mass is 365 g/mol. The van der Waals surface area contributed by atoms with Crippen LogP contribution in [-0.4, -0.2) is 16.9 Å². The van der Waals surface area contributed by atoms with E-state index in [1.807, 2.05) is 18.5 Å². The maximum atomic E-state index is 15.3. The SMILES string of the molecule is C[C@]12CCC(=O)C=C1[C@@H](F)C[C@@H]1[C@@H]2CC[C@]2(C)C(c3cccnc3)=CC[C@@H]12. The Morgan fingerprint density at radius 1 is 1.19 bits per heavy atom. The number of alkyl halides is 1. The van der Waals surface area contributed by atoms with Crippen molar-refractivity contribution in [2.45, 2.75) is 58.5 Å². The van der Waals surface area contributed by atoms with Crippen LogP contribution < -0.4 is 0 Å². The van der Waals surface area contributed by atoms with Crippen LogP contribution in [-0.2, 0) is 4.79 Å². The first kappa shape index (κ1) is 17.3. The van der Waals surface area contributed by atoms with Crippen LogP contribution in [0.5, 0.6) is 0 Å². The van der Waals surface area contributed by atoms with Crippen LogP contribution in [0.25, 0.3) is 5.57 Å². The van der Waals surface area contributed by atoms with Crippen molar-refractivity contribution >= 4 is 11.4 Å². The summed E-state index contributed by atoms with van der Waals surface area (Å²) in [4.78, 5) is 16.3. The first-order valence-corrected chi connectivity index (χ1v) is 10.4. The Bertz CT molecular complexity index is 843. The Morgan fingerprint density at radius 2 is 2.04 bits per heavy atom. The van der Waals surface area contributed by atoms with Crippen LogP contribution >= 0.6 is 0 Å². The molecular weight excluding hydrogens is 337 g/mol. The summed E-state index contributed by atoms with van der Waals surface area (Å²) < 4.78 is 15.3. The fraction of sp³-hybridized carbons (Fsp3) is 0.583. The average molecular weight is 365 g/mol. The van der Waals surface area contributed by atoms with Crippen molar-refractivity contribution in [2.24, 2.45) is 28.6 Å². The number of allylic oxidation sites excluding steroid dienone is 4. The number of ketones is 1. The highest BCUT2D eigenvalue weighted by atomic mass is 19.1. The minimum absolute atomic E-state index is 0.116. The van der Waals surface area contributed by atoms with Crippen LogP contribution in [0.1, 0.15) is 57.9 Å². The lowest BCUT2D eigenvalue weighted by molar-refractivity contribution is -0.117. The van der Waals surface area contributed by atoms with Crippen LogP contribution in [0, 0.1) is 28.6 Å². The van der Waals surface area contributed by atoms with Crippen LogP contribution in [0.15, 0.2) is 42.3 Å². The second kappa shape index (κ2) is 5.86. The number of nitrogens with zero attached hydrogens (tertiary/aromatic N) is 1. The number of pyridine rings is 1. The molecule has 0 spiro atoms. The van der Waals surface area contributed by atoms with Crippen molar-refractivity contribution in [1.82, 2.24) is 4.98 Å². The van der Waals surface area contributed by atoms with Gasteiger partial charge in [-0.05, 0) is 89.5 Å². The summed E-state index contributed by atoms with van der Waals surface area (Å²) in [6.45, 7) is 4.63. The van der Waals surface area contributed by atoms with Gasteiger partial charge in [0.25, 0.3) is 0 Å². The largest absolute Gasteiger partial charge is 0.295 e. The molecule has 2 nitrogen and oxygen atoms in total. The van der Waals surface area contributed by atoms with Gasteiger partial charge in [0, 0.05) is 18.8 Å². The summed E-state index contributed by atoms with van der Waals surface area (Å²) in [7, 11) is 0. The molecule has 0 radical (unpaired) electrons. The van der Waals surface area contributed by atoms with E-state index < -0.39 is 6.17 Å². The van der Waals surface area contributed by atoms with Crippen molar-refractivity contribution in [3.63, 3.8) is 0 Å². The molecule has 0 aromatic carbocycles. The van der Waals surface area contributed by atoms with E-state index in [0.717, 1.165) is 31.3 Å².